The van der Waals surface area contributed by atoms with Gasteiger partial charge >= 0.3 is 5.97 Å². The number of ketones is 1. The molecule has 0 unspecified atom stereocenters. The van der Waals surface area contributed by atoms with Crippen LogP contribution in [0.4, 0.5) is 0 Å². The van der Waals surface area contributed by atoms with Crippen LogP contribution in [0.2, 0.25) is 0 Å². The smallest absolute Gasteiger partial charge is 0.337 e. The van der Waals surface area contributed by atoms with Crippen molar-refractivity contribution >= 4 is 11.8 Å². The molecule has 122 valence electrons. The predicted molar refractivity (Wildman–Crippen MR) is 84.4 cm³/mol. The van der Waals surface area contributed by atoms with Gasteiger partial charge in [-0.05, 0) is 38.1 Å². The van der Waals surface area contributed by atoms with E-state index >= 15 is 0 Å². The molecule has 0 aliphatic carbocycles. The first-order valence-electron chi connectivity index (χ1n) is 7.04. The highest BCUT2D eigenvalue weighted by atomic mass is 16.5. The number of aromatic amines is 1. The molecule has 0 atom stereocenters. The second-order valence-electron chi connectivity index (χ2n) is 5.06. The van der Waals surface area contributed by atoms with Gasteiger partial charge in [-0.25, -0.2) is 4.79 Å². The lowest BCUT2D eigenvalue weighted by Gasteiger charge is -2.11. The molecule has 2 rings (SSSR count). The molecule has 0 aliphatic heterocycles. The number of nitrogens with one attached hydrogen (secondary N) is 1. The fourth-order valence-electron chi connectivity index (χ4n) is 2.27. The molecule has 0 bridgehead atoms. The standard InChI is InChI=1S/C17H19NO5/c1-10-7-13(11(2)18-10)14(19)9-23-15-6-5-12(17(20)22-4)8-16(15)21-3/h5-8,18H,9H2,1-4H3. The number of rotatable bonds is 6. The second-order valence-corrected chi connectivity index (χ2v) is 5.06. The number of ether oxygens (including phenoxy) is 3. The highest BCUT2D eigenvalue weighted by Crippen LogP contribution is 2.28. The summed E-state index contributed by atoms with van der Waals surface area (Å²) >= 11 is 0. The first kappa shape index (κ1) is 16.6. The van der Waals surface area contributed by atoms with E-state index in [9.17, 15) is 9.59 Å². The average Bonchev–Trinajstić information content (AvgIpc) is 2.90. The molecule has 6 nitrogen and oxygen atoms in total. The van der Waals surface area contributed by atoms with Crippen LogP contribution in [-0.4, -0.2) is 37.6 Å². The summed E-state index contributed by atoms with van der Waals surface area (Å²) in [6.45, 7) is 3.61. The van der Waals surface area contributed by atoms with Crippen LogP contribution in [0, 0.1) is 13.8 Å². The number of hydrogen-bond donors (Lipinski definition) is 1. The van der Waals surface area contributed by atoms with Crippen molar-refractivity contribution in [1.29, 1.82) is 0 Å². The predicted octanol–water partition coefficient (Wildman–Crippen LogP) is 2.69. The first-order chi connectivity index (χ1) is 11.0. The van der Waals surface area contributed by atoms with E-state index in [-0.39, 0.29) is 12.4 Å². The van der Waals surface area contributed by atoms with Crippen LogP contribution in [-0.2, 0) is 4.74 Å². The van der Waals surface area contributed by atoms with Gasteiger partial charge in [0.1, 0.15) is 0 Å². The van der Waals surface area contributed by atoms with Crippen molar-refractivity contribution in [3.05, 3.63) is 46.8 Å². The Morgan fingerprint density at radius 2 is 1.83 bits per heavy atom. The molecule has 2 aromatic rings. The van der Waals surface area contributed by atoms with Crippen LogP contribution in [0.15, 0.2) is 24.3 Å². The molecule has 1 heterocycles. The molecule has 6 heteroatoms. The van der Waals surface area contributed by atoms with Gasteiger partial charge in [0.2, 0.25) is 5.78 Å². The zero-order chi connectivity index (χ0) is 17.0. The van der Waals surface area contributed by atoms with Crippen LogP contribution in [0.5, 0.6) is 11.5 Å². The van der Waals surface area contributed by atoms with Gasteiger partial charge in [-0.3, -0.25) is 4.79 Å². The highest BCUT2D eigenvalue weighted by molar-refractivity contribution is 5.98. The lowest BCUT2D eigenvalue weighted by molar-refractivity contribution is 0.0600. The van der Waals surface area contributed by atoms with Gasteiger partial charge in [-0.15, -0.1) is 0 Å². The molecule has 1 N–H and O–H groups in total. The monoisotopic (exact) mass is 317 g/mol. The van der Waals surface area contributed by atoms with Gasteiger partial charge in [0, 0.05) is 17.0 Å². The minimum atomic E-state index is -0.468. The Morgan fingerprint density at radius 3 is 2.39 bits per heavy atom. The number of aromatic nitrogens is 1. The zero-order valence-corrected chi connectivity index (χ0v) is 13.6. The number of H-pyrrole nitrogens is 1. The summed E-state index contributed by atoms with van der Waals surface area (Å²) in [4.78, 5) is 26.8. The maximum absolute atomic E-state index is 12.2. The Morgan fingerprint density at radius 1 is 1.09 bits per heavy atom. The molecule has 0 radical (unpaired) electrons. The molecule has 23 heavy (non-hydrogen) atoms. The quantitative estimate of drug-likeness (QED) is 0.654. The first-order valence-corrected chi connectivity index (χ1v) is 7.04. The van der Waals surface area contributed by atoms with Gasteiger partial charge in [0.05, 0.1) is 19.8 Å². The SMILES string of the molecule is COC(=O)c1ccc(OCC(=O)c2cc(C)[nH]c2C)c(OC)c1. The molecular formula is C17H19NO5. The molecule has 1 aromatic carbocycles. The van der Waals surface area contributed by atoms with Gasteiger partial charge in [0.15, 0.2) is 18.1 Å². The summed E-state index contributed by atoms with van der Waals surface area (Å²) in [6.07, 6.45) is 0. The van der Waals surface area contributed by atoms with Crippen LogP contribution in [0.3, 0.4) is 0 Å². The Balaban J connectivity index is 2.12. The fraction of sp³-hybridized carbons (Fsp3) is 0.294. The van der Waals surface area contributed by atoms with Crippen molar-refractivity contribution < 1.29 is 23.8 Å². The van der Waals surface area contributed by atoms with Gasteiger partial charge < -0.3 is 19.2 Å². The van der Waals surface area contributed by atoms with Crippen LogP contribution in [0.1, 0.15) is 32.1 Å². The van der Waals surface area contributed by atoms with Gasteiger partial charge in [-0.2, -0.15) is 0 Å². The molecule has 0 fully saturated rings. The summed E-state index contributed by atoms with van der Waals surface area (Å²) in [5.41, 5.74) is 2.68. The number of Topliss-reactive ketones (excluding diaryl/α,β-unsaturated/α-hetero) is 1. The lowest BCUT2D eigenvalue weighted by atomic mass is 10.1. The lowest BCUT2D eigenvalue weighted by Crippen LogP contribution is -2.12. The third kappa shape index (κ3) is 3.71. The van der Waals surface area contributed by atoms with Crippen LogP contribution in [0.25, 0.3) is 0 Å². The maximum Gasteiger partial charge on any atom is 0.337 e. The second kappa shape index (κ2) is 7.00. The van der Waals surface area contributed by atoms with Crippen molar-refractivity contribution in [3.63, 3.8) is 0 Å². The summed E-state index contributed by atoms with van der Waals surface area (Å²) in [6, 6.07) is 6.43. The largest absolute Gasteiger partial charge is 0.493 e. The number of carbonyl (C=O) groups excluding carboxylic acids is 2. The van der Waals surface area contributed by atoms with E-state index in [1.165, 1.54) is 20.3 Å². The maximum atomic E-state index is 12.2. The van der Waals surface area contributed by atoms with Crippen LogP contribution < -0.4 is 9.47 Å². The van der Waals surface area contributed by atoms with E-state index in [2.05, 4.69) is 9.72 Å². The Kier molecular flexibility index (Phi) is 5.05. The Labute approximate surface area is 134 Å². The van der Waals surface area contributed by atoms with E-state index in [1.807, 2.05) is 13.8 Å². The van der Waals surface area contributed by atoms with Gasteiger partial charge in [-0.1, -0.05) is 0 Å². The number of methoxy groups -OCH3 is 2. The van der Waals surface area contributed by atoms with E-state index < -0.39 is 5.97 Å². The topological polar surface area (TPSA) is 77.6 Å². The van der Waals surface area contributed by atoms with E-state index in [4.69, 9.17) is 9.47 Å². The third-order valence-corrected chi connectivity index (χ3v) is 3.39. The highest BCUT2D eigenvalue weighted by Gasteiger charge is 2.15. The van der Waals surface area contributed by atoms with Crippen LogP contribution >= 0.6 is 0 Å². The minimum absolute atomic E-state index is 0.119. The minimum Gasteiger partial charge on any atom is -0.493 e. The van der Waals surface area contributed by atoms with Crippen molar-refractivity contribution in [2.75, 3.05) is 20.8 Å². The molecule has 1 aromatic heterocycles. The molecule has 0 saturated carbocycles. The fourth-order valence-corrected chi connectivity index (χ4v) is 2.27. The van der Waals surface area contributed by atoms with Gasteiger partial charge in [0.25, 0.3) is 0 Å². The van der Waals surface area contributed by atoms with Crippen molar-refractivity contribution in [1.82, 2.24) is 4.98 Å². The van der Waals surface area contributed by atoms with Crippen molar-refractivity contribution in [2.24, 2.45) is 0 Å². The summed E-state index contributed by atoms with van der Waals surface area (Å²) in [7, 11) is 2.77. The summed E-state index contributed by atoms with van der Waals surface area (Å²) < 4.78 is 15.4. The molecule has 0 aliphatic rings. The Bertz CT molecular complexity index is 733. The van der Waals surface area contributed by atoms with E-state index in [1.54, 1.807) is 18.2 Å². The summed E-state index contributed by atoms with van der Waals surface area (Å²) in [5.74, 6) is 0.149. The van der Waals surface area contributed by atoms with E-state index in [0.29, 0.717) is 22.6 Å². The average molecular weight is 317 g/mol. The number of hydrogen-bond acceptors (Lipinski definition) is 5. The molecular weight excluding hydrogens is 298 g/mol. The zero-order valence-electron chi connectivity index (χ0n) is 13.6. The third-order valence-electron chi connectivity index (χ3n) is 3.39. The summed E-state index contributed by atoms with van der Waals surface area (Å²) in [5, 5.41) is 0. The van der Waals surface area contributed by atoms with Crippen molar-refractivity contribution in [3.8, 4) is 11.5 Å². The molecule has 0 saturated heterocycles. The molecule has 0 amide bonds. The number of aryl methyl sites for hydroxylation is 2. The molecule has 0 spiro atoms. The van der Waals surface area contributed by atoms with E-state index in [0.717, 1.165) is 11.4 Å². The number of carbonyl (C=O) groups is 2. The normalized spacial score (nSPS) is 10.3. The Hall–Kier alpha value is -2.76. The van der Waals surface area contributed by atoms with Crippen molar-refractivity contribution in [2.45, 2.75) is 13.8 Å². The number of esters is 1. The number of benzene rings is 1.